The first kappa shape index (κ1) is 15.6. The van der Waals surface area contributed by atoms with E-state index in [0.29, 0.717) is 17.3 Å². The molecular formula is C16H19N3O4. The second-order valence-electron chi connectivity index (χ2n) is 6.08. The summed E-state index contributed by atoms with van der Waals surface area (Å²) >= 11 is 0. The summed E-state index contributed by atoms with van der Waals surface area (Å²) in [5.41, 5.74) is -0.0616. The third-order valence-corrected chi connectivity index (χ3v) is 4.42. The molecule has 122 valence electrons. The van der Waals surface area contributed by atoms with Gasteiger partial charge < -0.3 is 9.72 Å². The SMILES string of the molecule is C[C@@H]1CCCC[C@@H]1OCc1nc2ccc([N+](=O)[O-])cc2c(=O)[nH]1. The molecule has 0 radical (unpaired) electrons. The van der Waals surface area contributed by atoms with Crippen molar-refractivity contribution in [1.29, 1.82) is 0 Å². The van der Waals surface area contributed by atoms with Gasteiger partial charge in [-0.25, -0.2) is 4.98 Å². The van der Waals surface area contributed by atoms with E-state index in [2.05, 4.69) is 16.9 Å². The molecule has 0 amide bonds. The Hall–Kier alpha value is -2.28. The average Bonchev–Trinajstić information content (AvgIpc) is 2.54. The molecule has 1 fully saturated rings. The zero-order chi connectivity index (χ0) is 16.4. The summed E-state index contributed by atoms with van der Waals surface area (Å²) < 4.78 is 5.91. The van der Waals surface area contributed by atoms with E-state index >= 15 is 0 Å². The van der Waals surface area contributed by atoms with Crippen LogP contribution in [-0.4, -0.2) is 21.0 Å². The Morgan fingerprint density at radius 3 is 2.91 bits per heavy atom. The first-order valence-corrected chi connectivity index (χ1v) is 7.83. The molecule has 23 heavy (non-hydrogen) atoms. The summed E-state index contributed by atoms with van der Waals surface area (Å²) in [6.07, 6.45) is 4.80. The van der Waals surface area contributed by atoms with E-state index in [1.165, 1.54) is 31.0 Å². The molecule has 0 saturated heterocycles. The second-order valence-corrected chi connectivity index (χ2v) is 6.08. The highest BCUT2D eigenvalue weighted by Crippen LogP contribution is 2.26. The number of nitrogens with one attached hydrogen (secondary N) is 1. The molecule has 0 spiro atoms. The van der Waals surface area contributed by atoms with Crippen LogP contribution in [0.3, 0.4) is 0 Å². The van der Waals surface area contributed by atoms with Gasteiger partial charge in [-0.15, -0.1) is 0 Å². The topological polar surface area (TPSA) is 98.1 Å². The van der Waals surface area contributed by atoms with Crippen LogP contribution in [-0.2, 0) is 11.3 Å². The number of nitrogens with zero attached hydrogens (tertiary/aromatic N) is 2. The van der Waals surface area contributed by atoms with Crippen molar-refractivity contribution in [3.63, 3.8) is 0 Å². The lowest BCUT2D eigenvalue weighted by molar-refractivity contribution is -0.384. The number of ether oxygens (including phenoxy) is 1. The van der Waals surface area contributed by atoms with Crippen molar-refractivity contribution in [3.05, 3.63) is 44.5 Å². The van der Waals surface area contributed by atoms with Crippen LogP contribution in [0.1, 0.15) is 38.4 Å². The van der Waals surface area contributed by atoms with Gasteiger partial charge in [-0.2, -0.15) is 0 Å². The molecule has 1 aromatic heterocycles. The third-order valence-electron chi connectivity index (χ3n) is 4.42. The highest BCUT2D eigenvalue weighted by molar-refractivity contribution is 5.79. The standard InChI is InChI=1S/C16H19N3O4/c1-10-4-2-3-5-14(10)23-9-15-17-13-7-6-11(19(21)22)8-12(13)16(20)18-15/h6-8,10,14H,2-5,9H2,1H3,(H,17,18,20)/t10-,14+/m1/s1. The summed E-state index contributed by atoms with van der Waals surface area (Å²) in [7, 11) is 0. The Balaban J connectivity index is 1.81. The first-order valence-electron chi connectivity index (χ1n) is 7.83. The number of aromatic nitrogens is 2. The molecule has 0 unspecified atom stereocenters. The Morgan fingerprint density at radius 1 is 1.39 bits per heavy atom. The summed E-state index contributed by atoms with van der Waals surface area (Å²) in [5.74, 6) is 0.965. The predicted octanol–water partition coefficient (Wildman–Crippen LogP) is 2.93. The molecule has 7 heteroatoms. The molecule has 2 aromatic rings. The van der Waals surface area contributed by atoms with E-state index in [1.807, 2.05) is 0 Å². The molecule has 1 aliphatic rings. The minimum atomic E-state index is -0.527. The van der Waals surface area contributed by atoms with Crippen molar-refractivity contribution in [2.45, 2.75) is 45.3 Å². The van der Waals surface area contributed by atoms with Crippen LogP contribution >= 0.6 is 0 Å². The highest BCUT2D eigenvalue weighted by atomic mass is 16.6. The predicted molar refractivity (Wildman–Crippen MR) is 85.2 cm³/mol. The van der Waals surface area contributed by atoms with E-state index in [-0.39, 0.29) is 29.3 Å². The van der Waals surface area contributed by atoms with Gasteiger partial charge in [0, 0.05) is 12.1 Å². The van der Waals surface area contributed by atoms with Gasteiger partial charge in [0.25, 0.3) is 11.2 Å². The van der Waals surface area contributed by atoms with Gasteiger partial charge in [-0.05, 0) is 24.8 Å². The van der Waals surface area contributed by atoms with E-state index in [1.54, 1.807) is 0 Å². The molecule has 2 atom stereocenters. The van der Waals surface area contributed by atoms with E-state index in [0.717, 1.165) is 12.8 Å². The summed E-state index contributed by atoms with van der Waals surface area (Å²) in [6, 6.07) is 4.09. The fourth-order valence-electron chi connectivity index (χ4n) is 3.07. The number of fused-ring (bicyclic) bond motifs is 1. The zero-order valence-corrected chi connectivity index (χ0v) is 12.9. The maximum atomic E-state index is 12.1. The van der Waals surface area contributed by atoms with Crippen LogP contribution in [0, 0.1) is 16.0 Å². The van der Waals surface area contributed by atoms with Crippen LogP contribution in [0.25, 0.3) is 10.9 Å². The second kappa shape index (κ2) is 6.45. The molecule has 1 N–H and O–H groups in total. The van der Waals surface area contributed by atoms with Gasteiger partial charge in [0.05, 0.1) is 21.9 Å². The summed E-state index contributed by atoms with van der Waals surface area (Å²) in [4.78, 5) is 29.4. The Labute approximate surface area is 132 Å². The van der Waals surface area contributed by atoms with Crippen molar-refractivity contribution in [2.24, 2.45) is 5.92 Å². The molecule has 1 heterocycles. The molecule has 1 aromatic carbocycles. The number of hydrogen-bond donors (Lipinski definition) is 1. The number of aromatic amines is 1. The number of nitro groups is 1. The number of nitro benzene ring substituents is 1. The molecule has 1 aliphatic carbocycles. The lowest BCUT2D eigenvalue weighted by Crippen LogP contribution is -2.26. The van der Waals surface area contributed by atoms with Gasteiger partial charge >= 0.3 is 0 Å². The maximum absolute atomic E-state index is 12.1. The van der Waals surface area contributed by atoms with E-state index < -0.39 is 4.92 Å². The monoisotopic (exact) mass is 317 g/mol. The summed E-state index contributed by atoms with van der Waals surface area (Å²) in [5, 5.41) is 11.0. The van der Waals surface area contributed by atoms with Gasteiger partial charge in [0.2, 0.25) is 0 Å². The number of H-pyrrole nitrogens is 1. The third kappa shape index (κ3) is 3.39. The Kier molecular flexibility index (Phi) is 4.38. The minimum Gasteiger partial charge on any atom is -0.370 e. The molecule has 0 bridgehead atoms. The van der Waals surface area contributed by atoms with Crippen molar-refractivity contribution in [1.82, 2.24) is 9.97 Å². The Bertz CT molecular complexity index is 786. The molecule has 7 nitrogen and oxygen atoms in total. The molecule has 1 saturated carbocycles. The highest BCUT2D eigenvalue weighted by Gasteiger charge is 2.22. The number of non-ortho nitro benzene ring substituents is 1. The number of benzene rings is 1. The van der Waals surface area contributed by atoms with Gasteiger partial charge in [0.15, 0.2) is 0 Å². The molecular weight excluding hydrogens is 298 g/mol. The van der Waals surface area contributed by atoms with Crippen molar-refractivity contribution in [3.8, 4) is 0 Å². The summed E-state index contributed by atoms with van der Waals surface area (Å²) in [6.45, 7) is 2.43. The minimum absolute atomic E-state index is 0.121. The quantitative estimate of drug-likeness (QED) is 0.690. The lowest BCUT2D eigenvalue weighted by Gasteiger charge is -2.28. The van der Waals surface area contributed by atoms with Crippen molar-refractivity contribution < 1.29 is 9.66 Å². The Morgan fingerprint density at radius 2 is 2.17 bits per heavy atom. The van der Waals surface area contributed by atoms with Gasteiger partial charge in [-0.3, -0.25) is 14.9 Å². The van der Waals surface area contributed by atoms with Crippen molar-refractivity contribution in [2.75, 3.05) is 0 Å². The smallest absolute Gasteiger partial charge is 0.270 e. The first-order chi connectivity index (χ1) is 11.0. The molecule has 0 aliphatic heterocycles. The van der Waals surface area contributed by atoms with Crippen LogP contribution < -0.4 is 5.56 Å². The lowest BCUT2D eigenvalue weighted by atomic mass is 9.88. The number of rotatable bonds is 4. The van der Waals surface area contributed by atoms with Gasteiger partial charge in [0.1, 0.15) is 12.4 Å². The average molecular weight is 317 g/mol. The fraction of sp³-hybridized carbons (Fsp3) is 0.500. The largest absolute Gasteiger partial charge is 0.370 e. The molecule has 3 rings (SSSR count). The van der Waals surface area contributed by atoms with Gasteiger partial charge in [-0.1, -0.05) is 19.8 Å². The maximum Gasteiger partial charge on any atom is 0.270 e. The van der Waals surface area contributed by atoms with Crippen molar-refractivity contribution >= 4 is 16.6 Å². The number of hydrogen-bond acceptors (Lipinski definition) is 5. The van der Waals surface area contributed by atoms with Crippen LogP contribution in [0.4, 0.5) is 5.69 Å². The normalized spacial score (nSPS) is 21.4. The fourth-order valence-corrected chi connectivity index (χ4v) is 3.07. The van der Waals surface area contributed by atoms with Crippen LogP contribution in [0.5, 0.6) is 0 Å². The van der Waals surface area contributed by atoms with E-state index in [9.17, 15) is 14.9 Å². The van der Waals surface area contributed by atoms with Crippen LogP contribution in [0.2, 0.25) is 0 Å². The van der Waals surface area contributed by atoms with E-state index in [4.69, 9.17) is 4.74 Å². The zero-order valence-electron chi connectivity index (χ0n) is 12.9. The van der Waals surface area contributed by atoms with Crippen LogP contribution in [0.15, 0.2) is 23.0 Å².